The maximum atomic E-state index is 5.89. The molecule has 0 radical (unpaired) electrons. The number of aryl methyl sites for hydroxylation is 1. The van der Waals surface area contributed by atoms with Crippen LogP contribution in [0.5, 0.6) is 0 Å². The van der Waals surface area contributed by atoms with Crippen LogP contribution in [0.2, 0.25) is 5.15 Å². The van der Waals surface area contributed by atoms with E-state index >= 15 is 0 Å². The second-order valence-electron chi connectivity index (χ2n) is 3.57. The molecular formula is C10H15ClN2O. The van der Waals surface area contributed by atoms with Crippen LogP contribution in [0.3, 0.4) is 0 Å². The molecule has 0 amide bonds. The van der Waals surface area contributed by atoms with E-state index in [-0.39, 0.29) is 0 Å². The molecule has 3 nitrogen and oxygen atoms in total. The molecule has 1 aromatic heterocycles. The van der Waals surface area contributed by atoms with Crippen LogP contribution >= 0.6 is 11.6 Å². The van der Waals surface area contributed by atoms with Crippen LogP contribution in [0.25, 0.3) is 0 Å². The molecule has 0 aliphatic carbocycles. The maximum absolute atomic E-state index is 5.89. The van der Waals surface area contributed by atoms with Gasteiger partial charge < -0.3 is 4.74 Å². The fourth-order valence-corrected chi connectivity index (χ4v) is 1.21. The predicted molar refractivity (Wildman–Crippen MR) is 56.5 cm³/mol. The maximum Gasteiger partial charge on any atom is 0.161 e. The lowest BCUT2D eigenvalue weighted by molar-refractivity contribution is 0.0113. The predicted octanol–water partition coefficient (Wildman–Crippen LogP) is 2.57. The van der Waals surface area contributed by atoms with E-state index in [0.29, 0.717) is 11.0 Å². The van der Waals surface area contributed by atoms with Crippen LogP contribution in [0.1, 0.15) is 32.3 Å². The average Bonchev–Trinajstić information content (AvgIpc) is 2.16. The molecule has 0 N–H and O–H groups in total. The summed E-state index contributed by atoms with van der Waals surface area (Å²) in [5.74, 6) is 0.629. The zero-order valence-corrected chi connectivity index (χ0v) is 9.72. The molecule has 1 heterocycles. The molecule has 0 bridgehead atoms. The lowest BCUT2D eigenvalue weighted by Crippen LogP contribution is -2.23. The highest BCUT2D eigenvalue weighted by molar-refractivity contribution is 6.29. The molecule has 4 heteroatoms. The molecule has 0 aromatic carbocycles. The second kappa shape index (κ2) is 4.24. The van der Waals surface area contributed by atoms with Gasteiger partial charge in [0.15, 0.2) is 5.82 Å². The number of nitrogens with zero attached hydrogens (tertiary/aromatic N) is 2. The van der Waals surface area contributed by atoms with Crippen LogP contribution in [0.15, 0.2) is 6.07 Å². The summed E-state index contributed by atoms with van der Waals surface area (Å²) in [5, 5.41) is 0.469. The number of methoxy groups -OCH3 is 1. The molecule has 1 rings (SSSR count). The van der Waals surface area contributed by atoms with Crippen molar-refractivity contribution in [3.63, 3.8) is 0 Å². The van der Waals surface area contributed by atoms with Gasteiger partial charge in [-0.3, -0.25) is 0 Å². The van der Waals surface area contributed by atoms with Gasteiger partial charge in [0.1, 0.15) is 10.8 Å². The van der Waals surface area contributed by atoms with Crippen LogP contribution in [0, 0.1) is 0 Å². The van der Waals surface area contributed by atoms with Crippen molar-refractivity contribution in [2.75, 3.05) is 7.11 Å². The minimum Gasteiger partial charge on any atom is -0.371 e. The summed E-state index contributed by atoms with van der Waals surface area (Å²) in [4.78, 5) is 8.53. The standard InChI is InChI=1S/C10H15ClN2O/c1-5-7-6-8(11)13-9(12-7)10(2,3)14-4/h6H,5H2,1-4H3. The molecule has 1 aromatic rings. The van der Waals surface area contributed by atoms with Crippen LogP contribution in [-0.4, -0.2) is 17.1 Å². The number of rotatable bonds is 3. The van der Waals surface area contributed by atoms with Gasteiger partial charge in [0.25, 0.3) is 0 Å². The van der Waals surface area contributed by atoms with E-state index in [4.69, 9.17) is 16.3 Å². The summed E-state index contributed by atoms with van der Waals surface area (Å²) in [7, 11) is 1.63. The first-order valence-corrected chi connectivity index (χ1v) is 4.96. The van der Waals surface area contributed by atoms with Crippen molar-refractivity contribution < 1.29 is 4.74 Å². The van der Waals surface area contributed by atoms with Crippen molar-refractivity contribution in [2.24, 2.45) is 0 Å². The van der Waals surface area contributed by atoms with Crippen molar-refractivity contribution in [3.8, 4) is 0 Å². The molecule has 0 atom stereocenters. The quantitative estimate of drug-likeness (QED) is 0.726. The highest BCUT2D eigenvalue weighted by Crippen LogP contribution is 2.21. The highest BCUT2D eigenvalue weighted by atomic mass is 35.5. The van der Waals surface area contributed by atoms with Crippen molar-refractivity contribution in [2.45, 2.75) is 32.8 Å². The van der Waals surface area contributed by atoms with Crippen LogP contribution in [-0.2, 0) is 16.8 Å². The van der Waals surface area contributed by atoms with E-state index in [1.165, 1.54) is 0 Å². The number of halogens is 1. The number of hydrogen-bond donors (Lipinski definition) is 0. The second-order valence-corrected chi connectivity index (χ2v) is 3.96. The van der Waals surface area contributed by atoms with Gasteiger partial charge in [0.05, 0.1) is 0 Å². The van der Waals surface area contributed by atoms with E-state index in [1.54, 1.807) is 13.2 Å². The normalized spacial score (nSPS) is 11.8. The summed E-state index contributed by atoms with van der Waals surface area (Å²) < 4.78 is 5.29. The van der Waals surface area contributed by atoms with E-state index in [9.17, 15) is 0 Å². The Bertz CT molecular complexity index is 326. The number of ether oxygens (including phenoxy) is 1. The fraction of sp³-hybridized carbons (Fsp3) is 0.600. The van der Waals surface area contributed by atoms with Gasteiger partial charge in [-0.2, -0.15) is 0 Å². The van der Waals surface area contributed by atoms with E-state index < -0.39 is 5.60 Å². The first-order valence-electron chi connectivity index (χ1n) is 4.58. The Labute approximate surface area is 89.5 Å². The minimum atomic E-state index is -0.491. The Morgan fingerprint density at radius 3 is 2.57 bits per heavy atom. The lowest BCUT2D eigenvalue weighted by Gasteiger charge is -2.21. The third kappa shape index (κ3) is 2.42. The monoisotopic (exact) mass is 214 g/mol. The van der Waals surface area contributed by atoms with Gasteiger partial charge in [-0.25, -0.2) is 9.97 Å². The molecule has 14 heavy (non-hydrogen) atoms. The van der Waals surface area contributed by atoms with Crippen LogP contribution in [0.4, 0.5) is 0 Å². The smallest absolute Gasteiger partial charge is 0.161 e. The van der Waals surface area contributed by atoms with Crippen LogP contribution < -0.4 is 0 Å². The third-order valence-electron chi connectivity index (χ3n) is 2.16. The Kier molecular flexibility index (Phi) is 3.45. The molecule has 0 unspecified atom stereocenters. The zero-order valence-electron chi connectivity index (χ0n) is 8.97. The zero-order chi connectivity index (χ0) is 10.8. The molecule has 0 saturated heterocycles. The first-order chi connectivity index (χ1) is 6.49. The van der Waals surface area contributed by atoms with Crippen molar-refractivity contribution in [1.82, 2.24) is 9.97 Å². The molecule has 78 valence electrons. The van der Waals surface area contributed by atoms with E-state index in [0.717, 1.165) is 12.1 Å². The van der Waals surface area contributed by atoms with Gasteiger partial charge in [0, 0.05) is 12.8 Å². The molecule has 0 fully saturated rings. The average molecular weight is 215 g/mol. The Balaban J connectivity index is 3.15. The van der Waals surface area contributed by atoms with E-state index in [1.807, 2.05) is 20.8 Å². The lowest BCUT2D eigenvalue weighted by atomic mass is 10.1. The Morgan fingerprint density at radius 2 is 2.07 bits per heavy atom. The molecular weight excluding hydrogens is 200 g/mol. The van der Waals surface area contributed by atoms with Gasteiger partial charge in [-0.05, 0) is 26.3 Å². The fourth-order valence-electron chi connectivity index (χ4n) is 1.01. The largest absolute Gasteiger partial charge is 0.371 e. The summed E-state index contributed by atoms with van der Waals surface area (Å²) in [5.41, 5.74) is 0.444. The van der Waals surface area contributed by atoms with Gasteiger partial charge >= 0.3 is 0 Å². The van der Waals surface area contributed by atoms with Crippen molar-refractivity contribution >= 4 is 11.6 Å². The minimum absolute atomic E-state index is 0.469. The number of aromatic nitrogens is 2. The first kappa shape index (κ1) is 11.4. The molecule has 0 spiro atoms. The van der Waals surface area contributed by atoms with Crippen molar-refractivity contribution in [3.05, 3.63) is 22.7 Å². The van der Waals surface area contributed by atoms with Gasteiger partial charge in [0.2, 0.25) is 0 Å². The Morgan fingerprint density at radius 1 is 1.43 bits per heavy atom. The highest BCUT2D eigenvalue weighted by Gasteiger charge is 2.23. The molecule has 0 saturated carbocycles. The number of hydrogen-bond acceptors (Lipinski definition) is 3. The van der Waals surface area contributed by atoms with Gasteiger partial charge in [-0.15, -0.1) is 0 Å². The third-order valence-corrected chi connectivity index (χ3v) is 2.35. The Hall–Kier alpha value is -0.670. The molecule has 0 aliphatic heterocycles. The SMILES string of the molecule is CCc1cc(Cl)nc(C(C)(C)OC)n1. The molecule has 0 aliphatic rings. The van der Waals surface area contributed by atoms with E-state index in [2.05, 4.69) is 9.97 Å². The van der Waals surface area contributed by atoms with Crippen molar-refractivity contribution in [1.29, 1.82) is 0 Å². The summed E-state index contributed by atoms with van der Waals surface area (Å²) in [6.07, 6.45) is 0.842. The summed E-state index contributed by atoms with van der Waals surface area (Å²) in [6.45, 7) is 5.86. The summed E-state index contributed by atoms with van der Waals surface area (Å²) in [6, 6.07) is 1.77. The summed E-state index contributed by atoms with van der Waals surface area (Å²) >= 11 is 5.89. The topological polar surface area (TPSA) is 35.0 Å². The van der Waals surface area contributed by atoms with Gasteiger partial charge in [-0.1, -0.05) is 18.5 Å².